The van der Waals surface area contributed by atoms with E-state index >= 15 is 0 Å². The number of ether oxygens (including phenoxy) is 1. The molecule has 0 N–H and O–H groups in total. The van der Waals surface area contributed by atoms with Crippen LogP contribution in [0.1, 0.15) is 31.1 Å². The Bertz CT molecular complexity index is 868. The third-order valence-corrected chi connectivity index (χ3v) is 4.56. The highest BCUT2D eigenvalue weighted by Gasteiger charge is 2.27. The number of halogens is 1. The van der Waals surface area contributed by atoms with Gasteiger partial charge in [0, 0.05) is 43.0 Å². The average molecular weight is 384 g/mol. The Morgan fingerprint density at radius 3 is 2.39 bits per heavy atom. The van der Waals surface area contributed by atoms with Crippen LogP contribution in [0.15, 0.2) is 42.5 Å². The SMILES string of the molecule is CC(C)(C)OC(=O)N1CCN(c2ccc(C=O)cc2-c2cccc(F)c2)CC1. The lowest BCUT2D eigenvalue weighted by atomic mass is 10.00. The molecule has 1 fully saturated rings. The minimum absolute atomic E-state index is 0.311. The number of nitrogens with zero attached hydrogens (tertiary/aromatic N) is 2. The fourth-order valence-corrected chi connectivity index (χ4v) is 3.25. The standard InChI is InChI=1S/C22H25FN2O3/c1-22(2,3)28-21(27)25-11-9-24(10-12-25)20-8-7-16(15-26)13-19(20)17-5-4-6-18(23)14-17/h4-8,13-15H,9-12H2,1-3H3. The highest BCUT2D eigenvalue weighted by atomic mass is 19.1. The quantitative estimate of drug-likeness (QED) is 0.738. The summed E-state index contributed by atoms with van der Waals surface area (Å²) in [6.45, 7) is 7.87. The molecule has 1 saturated heterocycles. The predicted molar refractivity (Wildman–Crippen MR) is 107 cm³/mol. The first kappa shape index (κ1) is 19.9. The molecule has 6 heteroatoms. The first-order chi connectivity index (χ1) is 13.3. The molecule has 0 aliphatic carbocycles. The van der Waals surface area contributed by atoms with Gasteiger partial charge in [-0.15, -0.1) is 0 Å². The van der Waals surface area contributed by atoms with E-state index < -0.39 is 5.60 Å². The van der Waals surface area contributed by atoms with Gasteiger partial charge in [0.05, 0.1) is 0 Å². The number of aldehydes is 1. The average Bonchev–Trinajstić information content (AvgIpc) is 2.66. The zero-order valence-electron chi connectivity index (χ0n) is 16.4. The Labute approximate surface area is 164 Å². The minimum Gasteiger partial charge on any atom is -0.444 e. The number of piperazine rings is 1. The number of carbonyl (C=O) groups excluding carboxylic acids is 2. The lowest BCUT2D eigenvalue weighted by Gasteiger charge is -2.37. The van der Waals surface area contributed by atoms with Crippen molar-refractivity contribution in [2.75, 3.05) is 31.1 Å². The van der Waals surface area contributed by atoms with Gasteiger partial charge in [0.25, 0.3) is 0 Å². The third kappa shape index (κ3) is 4.68. The maximum Gasteiger partial charge on any atom is 0.410 e. The normalized spacial score (nSPS) is 14.7. The molecule has 1 aliphatic rings. The van der Waals surface area contributed by atoms with Gasteiger partial charge in [0.2, 0.25) is 0 Å². The molecule has 148 valence electrons. The molecule has 1 aliphatic heterocycles. The van der Waals surface area contributed by atoms with E-state index in [-0.39, 0.29) is 11.9 Å². The number of amides is 1. The number of benzene rings is 2. The molecule has 1 heterocycles. The van der Waals surface area contributed by atoms with E-state index in [0.717, 1.165) is 17.5 Å². The van der Waals surface area contributed by atoms with Crippen LogP contribution in [0.5, 0.6) is 0 Å². The summed E-state index contributed by atoms with van der Waals surface area (Å²) < 4.78 is 19.2. The van der Waals surface area contributed by atoms with Gasteiger partial charge in [-0.25, -0.2) is 9.18 Å². The van der Waals surface area contributed by atoms with Crippen LogP contribution in [0.25, 0.3) is 11.1 Å². The van der Waals surface area contributed by atoms with Crippen molar-refractivity contribution < 1.29 is 18.7 Å². The van der Waals surface area contributed by atoms with Crippen LogP contribution in [0.3, 0.4) is 0 Å². The van der Waals surface area contributed by atoms with Gasteiger partial charge in [-0.05, 0) is 56.7 Å². The molecule has 2 aromatic rings. The number of rotatable bonds is 3. The van der Waals surface area contributed by atoms with E-state index in [0.29, 0.717) is 37.3 Å². The molecule has 0 spiro atoms. The fourth-order valence-electron chi connectivity index (χ4n) is 3.25. The van der Waals surface area contributed by atoms with Crippen LogP contribution in [0, 0.1) is 5.82 Å². The van der Waals surface area contributed by atoms with Gasteiger partial charge < -0.3 is 14.5 Å². The molecule has 0 radical (unpaired) electrons. The summed E-state index contributed by atoms with van der Waals surface area (Å²) in [4.78, 5) is 27.3. The third-order valence-electron chi connectivity index (χ3n) is 4.56. The molecule has 1 amide bonds. The Hall–Kier alpha value is -2.89. The summed E-state index contributed by atoms with van der Waals surface area (Å²) in [6, 6.07) is 11.8. The van der Waals surface area contributed by atoms with Gasteiger partial charge in [-0.3, -0.25) is 4.79 Å². The first-order valence-electron chi connectivity index (χ1n) is 9.35. The van der Waals surface area contributed by atoms with Crippen molar-refractivity contribution in [3.63, 3.8) is 0 Å². The van der Waals surface area contributed by atoms with Gasteiger partial charge in [0.1, 0.15) is 17.7 Å². The highest BCUT2D eigenvalue weighted by Crippen LogP contribution is 2.33. The molecule has 0 unspecified atom stereocenters. The smallest absolute Gasteiger partial charge is 0.410 e. The maximum absolute atomic E-state index is 13.7. The number of carbonyl (C=O) groups is 2. The summed E-state index contributed by atoms with van der Waals surface area (Å²) in [6.07, 6.45) is 0.473. The molecule has 2 aromatic carbocycles. The fraction of sp³-hybridized carbons (Fsp3) is 0.364. The Morgan fingerprint density at radius 1 is 1.07 bits per heavy atom. The lowest BCUT2D eigenvalue weighted by molar-refractivity contribution is 0.0240. The van der Waals surface area contributed by atoms with Crippen LogP contribution in [0.2, 0.25) is 0 Å². The van der Waals surface area contributed by atoms with Crippen LogP contribution in [0.4, 0.5) is 14.9 Å². The molecular weight excluding hydrogens is 359 g/mol. The van der Waals surface area contributed by atoms with Gasteiger partial charge in [-0.2, -0.15) is 0 Å². The predicted octanol–water partition coefficient (Wildman–Crippen LogP) is 4.36. The number of hydrogen-bond donors (Lipinski definition) is 0. The summed E-state index contributed by atoms with van der Waals surface area (Å²) in [5.41, 5.74) is 2.45. The first-order valence-corrected chi connectivity index (χ1v) is 9.35. The van der Waals surface area contributed by atoms with E-state index in [1.165, 1.54) is 12.1 Å². The minimum atomic E-state index is -0.524. The van der Waals surface area contributed by atoms with Gasteiger partial charge >= 0.3 is 6.09 Å². The molecule has 0 saturated carbocycles. The number of anilines is 1. The van der Waals surface area contributed by atoms with Crippen molar-refractivity contribution in [2.45, 2.75) is 26.4 Å². The highest BCUT2D eigenvalue weighted by molar-refractivity contribution is 5.86. The summed E-state index contributed by atoms with van der Waals surface area (Å²) in [5, 5.41) is 0. The van der Waals surface area contributed by atoms with Crippen molar-refractivity contribution in [3.8, 4) is 11.1 Å². The van der Waals surface area contributed by atoms with Gasteiger partial charge in [-0.1, -0.05) is 12.1 Å². The molecular formula is C22H25FN2O3. The Morgan fingerprint density at radius 2 is 1.79 bits per heavy atom. The van der Waals surface area contributed by atoms with E-state index in [1.807, 2.05) is 32.9 Å². The van der Waals surface area contributed by atoms with E-state index in [1.54, 1.807) is 23.1 Å². The van der Waals surface area contributed by atoms with Crippen LogP contribution in [-0.4, -0.2) is 49.1 Å². The Balaban J connectivity index is 1.81. The maximum atomic E-state index is 13.7. The topological polar surface area (TPSA) is 49.9 Å². The molecule has 0 bridgehead atoms. The van der Waals surface area contributed by atoms with Crippen LogP contribution >= 0.6 is 0 Å². The molecule has 0 aromatic heterocycles. The zero-order valence-corrected chi connectivity index (χ0v) is 16.4. The summed E-state index contributed by atoms with van der Waals surface area (Å²) >= 11 is 0. The second kappa shape index (κ2) is 8.00. The second-order valence-electron chi connectivity index (χ2n) is 7.86. The summed E-state index contributed by atoms with van der Waals surface area (Å²) in [7, 11) is 0. The number of hydrogen-bond acceptors (Lipinski definition) is 4. The van der Waals surface area contributed by atoms with E-state index in [2.05, 4.69) is 4.90 Å². The molecule has 28 heavy (non-hydrogen) atoms. The van der Waals surface area contributed by atoms with Crippen molar-refractivity contribution >= 4 is 18.1 Å². The largest absolute Gasteiger partial charge is 0.444 e. The van der Waals surface area contributed by atoms with Crippen molar-refractivity contribution in [1.29, 1.82) is 0 Å². The van der Waals surface area contributed by atoms with Gasteiger partial charge in [0.15, 0.2) is 0 Å². The molecule has 0 atom stereocenters. The molecule has 3 rings (SSSR count). The molecule has 5 nitrogen and oxygen atoms in total. The van der Waals surface area contributed by atoms with Crippen molar-refractivity contribution in [3.05, 3.63) is 53.8 Å². The van der Waals surface area contributed by atoms with E-state index in [9.17, 15) is 14.0 Å². The summed E-state index contributed by atoms with van der Waals surface area (Å²) in [5.74, 6) is -0.324. The van der Waals surface area contributed by atoms with Crippen molar-refractivity contribution in [2.24, 2.45) is 0 Å². The monoisotopic (exact) mass is 384 g/mol. The van der Waals surface area contributed by atoms with Crippen molar-refractivity contribution in [1.82, 2.24) is 4.90 Å². The second-order valence-corrected chi connectivity index (χ2v) is 7.86. The zero-order chi connectivity index (χ0) is 20.3. The van der Waals surface area contributed by atoms with Crippen LogP contribution in [-0.2, 0) is 4.74 Å². The van der Waals surface area contributed by atoms with E-state index in [4.69, 9.17) is 4.74 Å². The van der Waals surface area contributed by atoms with Crippen LogP contribution < -0.4 is 4.90 Å². The Kier molecular flexibility index (Phi) is 5.68. The lowest BCUT2D eigenvalue weighted by Crippen LogP contribution is -2.50.